The number of aromatic nitrogens is 2. The van der Waals surface area contributed by atoms with E-state index in [0.29, 0.717) is 5.56 Å². The summed E-state index contributed by atoms with van der Waals surface area (Å²) >= 11 is 0. The highest BCUT2D eigenvalue weighted by atomic mass is 15.0. The summed E-state index contributed by atoms with van der Waals surface area (Å²) in [5.41, 5.74) is 2.86. The van der Waals surface area contributed by atoms with Crippen LogP contribution in [0, 0.1) is 11.3 Å². The molecule has 1 aromatic carbocycles. The van der Waals surface area contributed by atoms with E-state index in [9.17, 15) is 0 Å². The third-order valence-corrected chi connectivity index (χ3v) is 2.84. The van der Waals surface area contributed by atoms with Crippen LogP contribution in [0.4, 0.5) is 0 Å². The Balaban J connectivity index is 1.97. The van der Waals surface area contributed by atoms with E-state index in [4.69, 9.17) is 5.26 Å². The molecular formula is C15H18N4. The molecule has 4 nitrogen and oxygen atoms in total. The maximum Gasteiger partial charge on any atom is 0.0991 e. The first-order chi connectivity index (χ1) is 9.31. The zero-order chi connectivity index (χ0) is 13.5. The summed E-state index contributed by atoms with van der Waals surface area (Å²) in [7, 11) is 0. The lowest BCUT2D eigenvalue weighted by Gasteiger charge is -2.02. The summed E-state index contributed by atoms with van der Waals surface area (Å²) in [4.78, 5) is 4.36. The van der Waals surface area contributed by atoms with E-state index in [-0.39, 0.29) is 0 Å². The van der Waals surface area contributed by atoms with Gasteiger partial charge in [0.25, 0.3) is 0 Å². The van der Waals surface area contributed by atoms with E-state index in [0.717, 1.165) is 37.3 Å². The highest BCUT2D eigenvalue weighted by Crippen LogP contribution is 2.07. The van der Waals surface area contributed by atoms with E-state index in [1.165, 1.54) is 0 Å². The Morgan fingerprint density at radius 2 is 2.32 bits per heavy atom. The van der Waals surface area contributed by atoms with Crippen molar-refractivity contribution in [1.82, 2.24) is 14.9 Å². The van der Waals surface area contributed by atoms with E-state index in [1.54, 1.807) is 0 Å². The van der Waals surface area contributed by atoms with E-state index in [2.05, 4.69) is 23.3 Å². The lowest BCUT2D eigenvalue weighted by molar-refractivity contribution is 0.665. The normalized spacial score (nSPS) is 10.3. The molecule has 19 heavy (non-hydrogen) atoms. The van der Waals surface area contributed by atoms with E-state index < -0.39 is 0 Å². The number of hydrogen-bond acceptors (Lipinski definition) is 3. The number of nitrogens with one attached hydrogen (secondary N) is 1. The highest BCUT2D eigenvalue weighted by Gasteiger charge is 2.00. The van der Waals surface area contributed by atoms with Crippen LogP contribution in [0.1, 0.15) is 30.2 Å². The third kappa shape index (κ3) is 3.94. The Morgan fingerprint density at radius 3 is 3.11 bits per heavy atom. The fourth-order valence-electron chi connectivity index (χ4n) is 1.93. The van der Waals surface area contributed by atoms with Gasteiger partial charge in [-0.2, -0.15) is 5.26 Å². The Hall–Kier alpha value is -2.12. The maximum atomic E-state index is 8.88. The van der Waals surface area contributed by atoms with Crippen molar-refractivity contribution in [3.63, 3.8) is 0 Å². The minimum atomic E-state index is 0.697. The highest BCUT2D eigenvalue weighted by molar-refractivity contribution is 5.32. The first-order valence-electron chi connectivity index (χ1n) is 6.52. The van der Waals surface area contributed by atoms with Gasteiger partial charge in [0.15, 0.2) is 0 Å². The van der Waals surface area contributed by atoms with Crippen molar-refractivity contribution in [3.05, 3.63) is 53.6 Å². The van der Waals surface area contributed by atoms with E-state index >= 15 is 0 Å². The topological polar surface area (TPSA) is 53.6 Å². The van der Waals surface area contributed by atoms with Crippen LogP contribution in [0.15, 0.2) is 36.8 Å². The van der Waals surface area contributed by atoms with Crippen molar-refractivity contribution in [2.24, 2.45) is 0 Å². The second-order valence-electron chi connectivity index (χ2n) is 4.53. The lowest BCUT2D eigenvalue weighted by Crippen LogP contribution is -2.13. The molecule has 1 heterocycles. The molecule has 0 saturated heterocycles. The zero-order valence-electron chi connectivity index (χ0n) is 11.1. The zero-order valence-corrected chi connectivity index (χ0v) is 11.1. The molecule has 0 radical (unpaired) electrons. The third-order valence-electron chi connectivity index (χ3n) is 2.84. The number of benzene rings is 1. The molecule has 0 atom stereocenters. The fourth-order valence-corrected chi connectivity index (χ4v) is 1.93. The Kier molecular flexibility index (Phi) is 4.71. The summed E-state index contributed by atoms with van der Waals surface area (Å²) in [5, 5.41) is 12.2. The van der Waals surface area contributed by atoms with Crippen LogP contribution in [-0.2, 0) is 13.1 Å². The minimum Gasteiger partial charge on any atom is -0.333 e. The van der Waals surface area contributed by atoms with Crippen LogP contribution < -0.4 is 5.32 Å². The van der Waals surface area contributed by atoms with Gasteiger partial charge in [0, 0.05) is 19.3 Å². The number of rotatable bonds is 6. The van der Waals surface area contributed by atoms with Crippen LogP contribution in [0.3, 0.4) is 0 Å². The summed E-state index contributed by atoms with van der Waals surface area (Å²) in [6, 6.07) is 9.82. The Morgan fingerprint density at radius 1 is 1.42 bits per heavy atom. The molecule has 1 aromatic heterocycles. The Bertz CT molecular complexity index is 566. The van der Waals surface area contributed by atoms with Crippen molar-refractivity contribution in [1.29, 1.82) is 5.26 Å². The summed E-state index contributed by atoms with van der Waals surface area (Å²) < 4.78 is 2.04. The molecule has 0 aliphatic heterocycles. The second-order valence-corrected chi connectivity index (χ2v) is 4.53. The number of nitriles is 1. The Labute approximate surface area is 113 Å². The smallest absolute Gasteiger partial charge is 0.0991 e. The van der Waals surface area contributed by atoms with Gasteiger partial charge in [0.2, 0.25) is 0 Å². The lowest BCUT2D eigenvalue weighted by atomic mass is 10.1. The monoisotopic (exact) mass is 254 g/mol. The first kappa shape index (κ1) is 13.3. The maximum absolute atomic E-state index is 8.88. The van der Waals surface area contributed by atoms with Gasteiger partial charge in [-0.3, -0.25) is 0 Å². The van der Waals surface area contributed by atoms with Gasteiger partial charge in [-0.1, -0.05) is 19.1 Å². The molecule has 0 saturated carbocycles. The molecule has 0 amide bonds. The SMILES string of the molecule is CCCNCc1cn(Cc2cccc(C#N)c2)cn1. The number of imidazole rings is 1. The molecule has 2 rings (SSSR count). The van der Waals surface area contributed by atoms with Gasteiger partial charge in [0.05, 0.1) is 23.7 Å². The van der Waals surface area contributed by atoms with Gasteiger partial charge in [-0.15, -0.1) is 0 Å². The molecule has 0 fully saturated rings. The van der Waals surface area contributed by atoms with Gasteiger partial charge in [-0.05, 0) is 30.7 Å². The fraction of sp³-hybridized carbons (Fsp3) is 0.333. The van der Waals surface area contributed by atoms with Crippen molar-refractivity contribution in [2.45, 2.75) is 26.4 Å². The van der Waals surface area contributed by atoms with Crippen LogP contribution in [0.2, 0.25) is 0 Å². The minimum absolute atomic E-state index is 0.697. The van der Waals surface area contributed by atoms with Gasteiger partial charge < -0.3 is 9.88 Å². The first-order valence-corrected chi connectivity index (χ1v) is 6.52. The van der Waals surface area contributed by atoms with Crippen LogP contribution in [0.5, 0.6) is 0 Å². The summed E-state index contributed by atoms with van der Waals surface area (Å²) in [5.74, 6) is 0. The largest absolute Gasteiger partial charge is 0.333 e. The molecule has 0 spiro atoms. The summed E-state index contributed by atoms with van der Waals surface area (Å²) in [6.07, 6.45) is 5.01. The quantitative estimate of drug-likeness (QED) is 0.805. The predicted molar refractivity (Wildman–Crippen MR) is 74.5 cm³/mol. The van der Waals surface area contributed by atoms with Crippen molar-refractivity contribution < 1.29 is 0 Å². The molecule has 98 valence electrons. The molecule has 0 aliphatic rings. The molecular weight excluding hydrogens is 236 g/mol. The van der Waals surface area contributed by atoms with Gasteiger partial charge in [0.1, 0.15) is 0 Å². The van der Waals surface area contributed by atoms with Gasteiger partial charge >= 0.3 is 0 Å². The van der Waals surface area contributed by atoms with Crippen molar-refractivity contribution >= 4 is 0 Å². The standard InChI is InChI=1S/C15H18N4/c1-2-6-17-9-15-11-19(12-18-15)10-14-5-3-4-13(7-14)8-16/h3-5,7,11-12,17H,2,6,9-10H2,1H3. The van der Waals surface area contributed by atoms with Crippen LogP contribution in [0.25, 0.3) is 0 Å². The molecule has 0 unspecified atom stereocenters. The average molecular weight is 254 g/mol. The number of hydrogen-bond donors (Lipinski definition) is 1. The van der Waals surface area contributed by atoms with Gasteiger partial charge in [-0.25, -0.2) is 4.98 Å². The summed E-state index contributed by atoms with van der Waals surface area (Å²) in [6.45, 7) is 4.71. The van der Waals surface area contributed by atoms with Crippen molar-refractivity contribution in [3.8, 4) is 6.07 Å². The molecule has 0 aliphatic carbocycles. The predicted octanol–water partition coefficient (Wildman–Crippen LogP) is 2.30. The molecule has 4 heteroatoms. The van der Waals surface area contributed by atoms with Crippen molar-refractivity contribution in [2.75, 3.05) is 6.54 Å². The van der Waals surface area contributed by atoms with Crippen LogP contribution in [-0.4, -0.2) is 16.1 Å². The van der Waals surface area contributed by atoms with Crippen LogP contribution >= 0.6 is 0 Å². The number of nitrogens with zero attached hydrogens (tertiary/aromatic N) is 3. The second kappa shape index (κ2) is 6.72. The van der Waals surface area contributed by atoms with E-state index in [1.807, 2.05) is 41.4 Å². The molecule has 0 bridgehead atoms. The molecule has 1 N–H and O–H groups in total. The average Bonchev–Trinajstić information content (AvgIpc) is 2.87. The molecule has 2 aromatic rings.